The van der Waals surface area contributed by atoms with Crippen molar-refractivity contribution in [3.8, 4) is 0 Å². The number of benzene rings is 1. The smallest absolute Gasteiger partial charge is 0.152 e. The Morgan fingerprint density at radius 1 is 1.33 bits per heavy atom. The van der Waals surface area contributed by atoms with Gasteiger partial charge in [0.2, 0.25) is 0 Å². The summed E-state index contributed by atoms with van der Waals surface area (Å²) >= 11 is 0. The second-order valence-corrected chi connectivity index (χ2v) is 1.80. The highest BCUT2D eigenvalue weighted by Gasteiger charge is 1.94. The molecule has 0 aliphatic carbocycles. The van der Waals surface area contributed by atoms with Crippen molar-refractivity contribution >= 4 is 11.4 Å². The van der Waals surface area contributed by atoms with Crippen molar-refractivity contribution < 1.29 is 5.73 Å². The molecule has 0 unspecified atom stereocenters. The fourth-order valence-corrected chi connectivity index (χ4v) is 0.661. The third kappa shape index (κ3) is 1.19. The molecule has 0 aliphatic heterocycles. The van der Waals surface area contributed by atoms with E-state index in [4.69, 9.17) is 5.84 Å². The van der Waals surface area contributed by atoms with Gasteiger partial charge in [-0.2, -0.15) is 0 Å². The van der Waals surface area contributed by atoms with Crippen LogP contribution >= 0.6 is 0 Å². The number of quaternary nitrogens is 1. The first-order chi connectivity index (χ1) is 4.34. The third-order valence-corrected chi connectivity index (χ3v) is 1.17. The van der Waals surface area contributed by atoms with Gasteiger partial charge < -0.3 is 11.2 Å². The summed E-state index contributed by atoms with van der Waals surface area (Å²) in [5, 5.41) is 0. The summed E-state index contributed by atoms with van der Waals surface area (Å²) in [5.74, 6) is 5.16. The van der Waals surface area contributed by atoms with Crippen molar-refractivity contribution in [1.29, 1.82) is 0 Å². The number of hydrogen-bond donors (Lipinski definition) is 3. The third-order valence-electron chi connectivity index (χ3n) is 1.17. The van der Waals surface area contributed by atoms with Crippen molar-refractivity contribution in [3.05, 3.63) is 24.3 Å². The maximum Gasteiger partial charge on any atom is 0.152 e. The lowest BCUT2D eigenvalue weighted by atomic mass is 10.3. The SMILES string of the molecule is NNc1ccccc1[NH3+]. The van der Waals surface area contributed by atoms with Gasteiger partial charge in [0.1, 0.15) is 5.69 Å². The molecule has 3 heteroatoms. The van der Waals surface area contributed by atoms with Gasteiger partial charge in [0.15, 0.2) is 5.69 Å². The van der Waals surface area contributed by atoms with Crippen molar-refractivity contribution in [2.75, 3.05) is 5.43 Å². The molecule has 0 bridgehead atoms. The second-order valence-electron chi connectivity index (χ2n) is 1.80. The predicted octanol–water partition coefficient (Wildman–Crippen LogP) is -0.154. The molecule has 6 N–H and O–H groups in total. The molecule has 0 aliphatic rings. The minimum atomic E-state index is 0.873. The van der Waals surface area contributed by atoms with Gasteiger partial charge in [-0.15, -0.1) is 0 Å². The zero-order valence-corrected chi connectivity index (χ0v) is 5.09. The van der Waals surface area contributed by atoms with E-state index < -0.39 is 0 Å². The standard InChI is InChI=1S/C6H9N3/c7-5-3-1-2-4-6(5)9-8/h1-4,9H,7-8H2/p+1. The van der Waals surface area contributed by atoms with Crippen LogP contribution in [0.25, 0.3) is 0 Å². The molecule has 0 amide bonds. The van der Waals surface area contributed by atoms with E-state index in [0.29, 0.717) is 0 Å². The van der Waals surface area contributed by atoms with Crippen LogP contribution in [0.4, 0.5) is 11.4 Å². The van der Waals surface area contributed by atoms with E-state index in [1.807, 2.05) is 24.3 Å². The normalized spacial score (nSPS) is 9.11. The lowest BCUT2D eigenvalue weighted by Gasteiger charge is -1.97. The second kappa shape index (κ2) is 2.48. The Kier molecular flexibility index (Phi) is 1.67. The molecule has 1 aromatic rings. The molecule has 0 heterocycles. The molecule has 1 rings (SSSR count). The average molecular weight is 124 g/mol. The van der Waals surface area contributed by atoms with Crippen LogP contribution in [0.2, 0.25) is 0 Å². The summed E-state index contributed by atoms with van der Waals surface area (Å²) in [7, 11) is 0. The van der Waals surface area contributed by atoms with Gasteiger partial charge in [0.25, 0.3) is 0 Å². The fourth-order valence-electron chi connectivity index (χ4n) is 0.661. The monoisotopic (exact) mass is 124 g/mol. The van der Waals surface area contributed by atoms with Crippen LogP contribution < -0.4 is 17.0 Å². The van der Waals surface area contributed by atoms with Gasteiger partial charge >= 0.3 is 0 Å². The van der Waals surface area contributed by atoms with E-state index in [2.05, 4.69) is 11.2 Å². The van der Waals surface area contributed by atoms with Crippen LogP contribution in [0, 0.1) is 0 Å². The number of rotatable bonds is 1. The first-order valence-electron chi connectivity index (χ1n) is 2.72. The molecule has 48 valence electrons. The predicted molar refractivity (Wildman–Crippen MR) is 36.8 cm³/mol. The highest BCUT2D eigenvalue weighted by molar-refractivity contribution is 5.58. The van der Waals surface area contributed by atoms with E-state index in [1.165, 1.54) is 0 Å². The molecule has 0 saturated heterocycles. The number of nitrogen functional groups attached to an aromatic ring is 1. The average Bonchev–Trinajstić information content (AvgIpc) is 1.89. The van der Waals surface area contributed by atoms with Crippen LogP contribution in [-0.4, -0.2) is 0 Å². The number of nitrogens with two attached hydrogens (primary N) is 1. The Labute approximate surface area is 53.6 Å². The first kappa shape index (κ1) is 6.07. The molecular formula is C6H10N3+. The number of para-hydroxylation sites is 1. The van der Waals surface area contributed by atoms with Crippen LogP contribution in [0.5, 0.6) is 0 Å². The number of hydrogen-bond acceptors (Lipinski definition) is 2. The summed E-state index contributed by atoms with van der Waals surface area (Å²) in [6.45, 7) is 0. The minimum Gasteiger partial charge on any atom is -0.323 e. The summed E-state index contributed by atoms with van der Waals surface area (Å²) < 4.78 is 0. The number of anilines is 1. The maximum atomic E-state index is 5.16. The highest BCUT2D eigenvalue weighted by atomic mass is 15.2. The quantitative estimate of drug-likeness (QED) is 0.360. The summed E-state index contributed by atoms with van der Waals surface area (Å²) in [6, 6.07) is 7.60. The van der Waals surface area contributed by atoms with Gasteiger partial charge in [0.05, 0.1) is 0 Å². The van der Waals surface area contributed by atoms with Crippen LogP contribution in [0.1, 0.15) is 0 Å². The first-order valence-corrected chi connectivity index (χ1v) is 2.72. The molecule has 0 radical (unpaired) electrons. The molecule has 1 aromatic carbocycles. The summed E-state index contributed by atoms with van der Waals surface area (Å²) in [5.41, 5.74) is 8.07. The lowest BCUT2D eigenvalue weighted by Crippen LogP contribution is -2.41. The van der Waals surface area contributed by atoms with Crippen molar-refractivity contribution in [3.63, 3.8) is 0 Å². The van der Waals surface area contributed by atoms with Gasteiger partial charge in [0, 0.05) is 6.07 Å². The molecule has 0 fully saturated rings. The minimum absolute atomic E-state index is 0.873. The Morgan fingerprint density at radius 2 is 2.00 bits per heavy atom. The van der Waals surface area contributed by atoms with E-state index in [-0.39, 0.29) is 0 Å². The molecule has 0 saturated carbocycles. The van der Waals surface area contributed by atoms with Crippen LogP contribution in [-0.2, 0) is 0 Å². The fraction of sp³-hybridized carbons (Fsp3) is 0. The molecule has 0 spiro atoms. The summed E-state index contributed by atoms with van der Waals surface area (Å²) in [4.78, 5) is 0. The van der Waals surface area contributed by atoms with Crippen molar-refractivity contribution in [2.45, 2.75) is 0 Å². The molecule has 0 atom stereocenters. The number of hydrazine groups is 1. The largest absolute Gasteiger partial charge is 0.323 e. The Bertz CT molecular complexity index is 197. The Balaban J connectivity index is 3.01. The van der Waals surface area contributed by atoms with Crippen LogP contribution in [0.15, 0.2) is 24.3 Å². The van der Waals surface area contributed by atoms with E-state index in [0.717, 1.165) is 11.4 Å². The van der Waals surface area contributed by atoms with Gasteiger partial charge in [-0.1, -0.05) is 12.1 Å². The molecular weight excluding hydrogens is 114 g/mol. The molecule has 3 nitrogen and oxygen atoms in total. The van der Waals surface area contributed by atoms with Gasteiger partial charge in [-0.05, 0) is 6.07 Å². The Morgan fingerprint density at radius 3 is 2.44 bits per heavy atom. The highest BCUT2D eigenvalue weighted by Crippen LogP contribution is 2.11. The zero-order chi connectivity index (χ0) is 6.69. The van der Waals surface area contributed by atoms with Gasteiger partial charge in [-0.25, -0.2) is 0 Å². The molecule has 9 heavy (non-hydrogen) atoms. The van der Waals surface area contributed by atoms with Crippen molar-refractivity contribution in [1.82, 2.24) is 0 Å². The Hall–Kier alpha value is -1.06. The van der Waals surface area contributed by atoms with Crippen LogP contribution in [0.3, 0.4) is 0 Å². The zero-order valence-electron chi connectivity index (χ0n) is 5.09. The lowest BCUT2D eigenvalue weighted by molar-refractivity contribution is -0.253. The summed E-state index contributed by atoms with van der Waals surface area (Å²) in [6.07, 6.45) is 0. The van der Waals surface area contributed by atoms with Crippen molar-refractivity contribution in [2.24, 2.45) is 5.84 Å². The molecule has 0 aromatic heterocycles. The van der Waals surface area contributed by atoms with E-state index in [9.17, 15) is 0 Å². The topological polar surface area (TPSA) is 65.7 Å². The van der Waals surface area contributed by atoms with E-state index >= 15 is 0 Å². The number of nitrogens with one attached hydrogen (secondary N) is 1. The van der Waals surface area contributed by atoms with Gasteiger partial charge in [-0.3, -0.25) is 5.84 Å². The maximum absolute atomic E-state index is 5.16. The van der Waals surface area contributed by atoms with E-state index in [1.54, 1.807) is 0 Å².